The van der Waals surface area contributed by atoms with Crippen molar-refractivity contribution < 1.29 is 13.2 Å². The predicted octanol–water partition coefficient (Wildman–Crippen LogP) is 1.37. The van der Waals surface area contributed by atoms with E-state index < -0.39 is 10.0 Å². The van der Waals surface area contributed by atoms with Crippen molar-refractivity contribution in [3.05, 3.63) is 35.7 Å². The lowest BCUT2D eigenvalue weighted by atomic mass is 10.3. The van der Waals surface area contributed by atoms with Crippen LogP contribution in [0.2, 0.25) is 0 Å². The number of hydrogen-bond donors (Lipinski definition) is 1. The molecule has 6 nitrogen and oxygen atoms in total. The first kappa shape index (κ1) is 15.6. The van der Waals surface area contributed by atoms with Crippen LogP contribution in [0.25, 0.3) is 10.2 Å². The molecule has 2 aromatic rings. The molecular weight excluding hydrogens is 310 g/mol. The van der Waals surface area contributed by atoms with Gasteiger partial charge in [-0.25, -0.2) is 13.6 Å². The molecule has 0 aliphatic rings. The zero-order chi connectivity index (χ0) is 15.6. The fourth-order valence-corrected chi connectivity index (χ4v) is 3.52. The van der Waals surface area contributed by atoms with Crippen molar-refractivity contribution in [2.24, 2.45) is 10.1 Å². The Balaban J connectivity index is 2.76. The fraction of sp³-hybridized carbons (Fsp3) is 0.231. The smallest absolute Gasteiger partial charge is 0.248 e. The van der Waals surface area contributed by atoms with Crippen molar-refractivity contribution in [2.45, 2.75) is 24.8 Å². The number of nitrogens with two attached hydrogens (primary N) is 1. The molecule has 8 heteroatoms. The lowest BCUT2D eigenvalue weighted by molar-refractivity contribution is -0.117. The normalized spacial score (nSPS) is 12.8. The van der Waals surface area contributed by atoms with Crippen LogP contribution < -0.4 is 9.94 Å². The number of carbonyl (C=O) groups is 1. The van der Waals surface area contributed by atoms with Crippen LogP contribution in [0.3, 0.4) is 0 Å². The Morgan fingerprint density at radius 1 is 1.52 bits per heavy atom. The number of benzene rings is 1. The van der Waals surface area contributed by atoms with Crippen molar-refractivity contribution in [3.8, 4) is 0 Å². The molecule has 2 rings (SSSR count). The number of thiazole rings is 1. The second-order valence-corrected chi connectivity index (χ2v) is 6.89. The van der Waals surface area contributed by atoms with E-state index >= 15 is 0 Å². The summed E-state index contributed by atoms with van der Waals surface area (Å²) in [5.41, 5.74) is 0.787. The van der Waals surface area contributed by atoms with Gasteiger partial charge in [-0.2, -0.15) is 4.99 Å². The number of rotatable bonds is 4. The predicted molar refractivity (Wildman–Crippen MR) is 82.2 cm³/mol. The van der Waals surface area contributed by atoms with E-state index in [1.165, 1.54) is 23.5 Å². The van der Waals surface area contributed by atoms with Crippen LogP contribution in [0.1, 0.15) is 13.3 Å². The van der Waals surface area contributed by atoms with Crippen molar-refractivity contribution in [1.29, 1.82) is 0 Å². The van der Waals surface area contributed by atoms with Gasteiger partial charge in [0, 0.05) is 13.0 Å². The monoisotopic (exact) mass is 325 g/mol. The molecule has 0 aliphatic heterocycles. The molecule has 1 aromatic carbocycles. The maximum atomic E-state index is 11.5. The molecule has 0 bridgehead atoms. The zero-order valence-corrected chi connectivity index (χ0v) is 13.1. The molecule has 0 unspecified atom stereocenters. The Hall–Kier alpha value is -1.77. The van der Waals surface area contributed by atoms with Crippen LogP contribution in [0.5, 0.6) is 0 Å². The highest BCUT2D eigenvalue weighted by Gasteiger charge is 2.12. The molecule has 0 saturated heterocycles. The van der Waals surface area contributed by atoms with E-state index in [0.717, 1.165) is 5.52 Å². The molecule has 21 heavy (non-hydrogen) atoms. The molecule has 0 aliphatic carbocycles. The standard InChI is InChI=1S/C13H15N3O3S2/c1-3-7-16-10-6-5-9(21(14,18)19)8-11(10)20-13(16)15-12(17)4-2/h3,5-6,8H,1,4,7H2,2H3,(H2,14,18,19). The quantitative estimate of drug-likeness (QED) is 0.860. The van der Waals surface area contributed by atoms with E-state index in [-0.39, 0.29) is 10.8 Å². The van der Waals surface area contributed by atoms with Crippen LogP contribution in [0.15, 0.2) is 40.7 Å². The summed E-state index contributed by atoms with van der Waals surface area (Å²) < 4.78 is 25.3. The zero-order valence-electron chi connectivity index (χ0n) is 11.4. The lowest BCUT2D eigenvalue weighted by Crippen LogP contribution is -2.16. The number of allylic oxidation sites excluding steroid dienone is 1. The number of sulfonamides is 1. The summed E-state index contributed by atoms with van der Waals surface area (Å²) >= 11 is 1.25. The topological polar surface area (TPSA) is 94.5 Å². The number of aromatic nitrogens is 1. The Morgan fingerprint density at radius 3 is 2.81 bits per heavy atom. The first-order chi connectivity index (χ1) is 9.86. The lowest BCUT2D eigenvalue weighted by Gasteiger charge is -2.02. The second kappa shape index (κ2) is 5.92. The van der Waals surface area contributed by atoms with Gasteiger partial charge in [-0.15, -0.1) is 6.58 Å². The highest BCUT2D eigenvalue weighted by Crippen LogP contribution is 2.21. The molecule has 2 N–H and O–H groups in total. The second-order valence-electron chi connectivity index (χ2n) is 4.32. The van der Waals surface area contributed by atoms with E-state index in [2.05, 4.69) is 11.6 Å². The Bertz CT molecular complexity index is 876. The molecular formula is C13H15N3O3S2. The van der Waals surface area contributed by atoms with Crippen LogP contribution in [-0.2, 0) is 21.4 Å². The van der Waals surface area contributed by atoms with Gasteiger partial charge < -0.3 is 4.57 Å². The molecule has 0 radical (unpaired) electrons. The van der Waals surface area contributed by atoms with E-state index in [9.17, 15) is 13.2 Å². The summed E-state index contributed by atoms with van der Waals surface area (Å²) in [4.78, 5) is 16.1. The van der Waals surface area contributed by atoms with Gasteiger partial charge in [0.25, 0.3) is 0 Å². The Labute approximate surface area is 126 Å². The first-order valence-electron chi connectivity index (χ1n) is 6.21. The molecule has 0 atom stereocenters. The van der Waals surface area contributed by atoms with Crippen LogP contribution in [0, 0.1) is 0 Å². The SMILES string of the molecule is C=CCn1c(=NC(=O)CC)sc2cc(S(N)(=O)=O)ccc21. The number of primary sulfonamides is 1. The van der Waals surface area contributed by atoms with E-state index in [1.807, 2.05) is 4.57 Å². The van der Waals surface area contributed by atoms with Gasteiger partial charge in [0.1, 0.15) is 0 Å². The van der Waals surface area contributed by atoms with Crippen molar-refractivity contribution in [1.82, 2.24) is 4.57 Å². The van der Waals surface area contributed by atoms with Crippen molar-refractivity contribution >= 4 is 37.5 Å². The summed E-state index contributed by atoms with van der Waals surface area (Å²) in [6.45, 7) is 5.89. The minimum Gasteiger partial charge on any atom is -0.313 e. The molecule has 0 spiro atoms. The molecule has 0 fully saturated rings. The molecule has 1 heterocycles. The Kier molecular flexibility index (Phi) is 4.40. The van der Waals surface area contributed by atoms with Gasteiger partial charge in [0.05, 0.1) is 15.1 Å². The average Bonchev–Trinajstić information content (AvgIpc) is 2.75. The largest absolute Gasteiger partial charge is 0.313 e. The number of amides is 1. The van der Waals surface area contributed by atoms with Gasteiger partial charge in [-0.1, -0.05) is 24.3 Å². The van der Waals surface area contributed by atoms with Crippen LogP contribution in [-0.4, -0.2) is 18.9 Å². The summed E-state index contributed by atoms with van der Waals surface area (Å²) in [7, 11) is -3.76. The first-order valence-corrected chi connectivity index (χ1v) is 8.57. The van der Waals surface area contributed by atoms with E-state index in [0.29, 0.717) is 22.5 Å². The maximum Gasteiger partial charge on any atom is 0.248 e. The third kappa shape index (κ3) is 3.29. The number of fused-ring (bicyclic) bond motifs is 1. The summed E-state index contributed by atoms with van der Waals surface area (Å²) in [6, 6.07) is 4.59. The summed E-state index contributed by atoms with van der Waals surface area (Å²) in [5.74, 6) is -0.231. The van der Waals surface area contributed by atoms with Gasteiger partial charge in [0.2, 0.25) is 15.9 Å². The van der Waals surface area contributed by atoms with Gasteiger partial charge in [0.15, 0.2) is 4.80 Å². The summed E-state index contributed by atoms with van der Waals surface area (Å²) in [5, 5.41) is 5.13. The van der Waals surface area contributed by atoms with Crippen molar-refractivity contribution in [2.75, 3.05) is 0 Å². The van der Waals surface area contributed by atoms with Gasteiger partial charge in [-0.3, -0.25) is 4.79 Å². The molecule has 1 aromatic heterocycles. The van der Waals surface area contributed by atoms with Crippen LogP contribution in [0.4, 0.5) is 0 Å². The molecule has 112 valence electrons. The maximum absolute atomic E-state index is 11.5. The number of nitrogens with zero attached hydrogens (tertiary/aromatic N) is 2. The van der Waals surface area contributed by atoms with E-state index in [4.69, 9.17) is 5.14 Å². The minimum absolute atomic E-state index is 0.0374. The van der Waals surface area contributed by atoms with Crippen LogP contribution >= 0.6 is 11.3 Å². The third-order valence-corrected chi connectivity index (χ3v) is 4.77. The average molecular weight is 325 g/mol. The number of hydrogen-bond acceptors (Lipinski definition) is 4. The minimum atomic E-state index is -3.76. The molecule has 1 amide bonds. The fourth-order valence-electron chi connectivity index (χ4n) is 1.81. The summed E-state index contributed by atoms with van der Waals surface area (Å²) in [6.07, 6.45) is 2.00. The molecule has 0 saturated carbocycles. The van der Waals surface area contributed by atoms with Gasteiger partial charge in [-0.05, 0) is 18.2 Å². The highest BCUT2D eigenvalue weighted by atomic mass is 32.2. The third-order valence-electron chi connectivity index (χ3n) is 2.82. The number of carbonyl (C=O) groups excluding carboxylic acids is 1. The Morgan fingerprint density at radius 2 is 2.24 bits per heavy atom. The van der Waals surface area contributed by atoms with Crippen molar-refractivity contribution in [3.63, 3.8) is 0 Å². The van der Waals surface area contributed by atoms with E-state index in [1.54, 1.807) is 19.1 Å². The van der Waals surface area contributed by atoms with Gasteiger partial charge >= 0.3 is 0 Å². The highest BCUT2D eigenvalue weighted by molar-refractivity contribution is 7.89.